The number of anilines is 1. The highest BCUT2D eigenvalue weighted by Crippen LogP contribution is 2.24. The summed E-state index contributed by atoms with van der Waals surface area (Å²) in [5.74, 6) is 0.871. The van der Waals surface area contributed by atoms with E-state index in [4.69, 9.17) is 10.5 Å². The van der Waals surface area contributed by atoms with Crippen molar-refractivity contribution in [1.29, 1.82) is 0 Å². The Bertz CT molecular complexity index is 744. The molecule has 0 bridgehead atoms. The minimum atomic E-state index is 0.670. The van der Waals surface area contributed by atoms with E-state index in [1.807, 2.05) is 61.0 Å². The van der Waals surface area contributed by atoms with E-state index in [0.29, 0.717) is 12.3 Å². The number of rotatable bonds is 3. The molecule has 0 aliphatic rings. The summed E-state index contributed by atoms with van der Waals surface area (Å²) in [5, 5.41) is 0. The van der Waals surface area contributed by atoms with Gasteiger partial charge in [-0.05, 0) is 49.7 Å². The highest BCUT2D eigenvalue weighted by Gasteiger charge is 2.07. The van der Waals surface area contributed by atoms with Crippen molar-refractivity contribution in [3.05, 3.63) is 48.3 Å². The molecule has 0 spiro atoms. The fraction of sp³-hybridized carbons (Fsp3) is 0.188. The van der Waals surface area contributed by atoms with Crippen molar-refractivity contribution in [3.8, 4) is 17.0 Å². The van der Waals surface area contributed by atoms with Gasteiger partial charge in [0.1, 0.15) is 5.75 Å². The normalized spacial score (nSPS) is 10.9. The molecule has 0 amide bonds. The molecule has 0 saturated carbocycles. The van der Waals surface area contributed by atoms with Crippen LogP contribution in [0.2, 0.25) is 0 Å². The summed E-state index contributed by atoms with van der Waals surface area (Å²) < 4.78 is 7.41. The van der Waals surface area contributed by atoms with Crippen LogP contribution < -0.4 is 10.5 Å². The minimum absolute atomic E-state index is 0.670. The molecule has 3 aromatic rings. The molecule has 3 rings (SSSR count). The van der Waals surface area contributed by atoms with Crippen LogP contribution in [0.3, 0.4) is 0 Å². The first-order chi connectivity index (χ1) is 9.67. The van der Waals surface area contributed by atoms with Gasteiger partial charge in [-0.3, -0.25) is 0 Å². The molecule has 20 heavy (non-hydrogen) atoms. The number of imidazole rings is 1. The Morgan fingerprint density at radius 1 is 1.20 bits per heavy atom. The number of pyridine rings is 1. The summed E-state index contributed by atoms with van der Waals surface area (Å²) in [4.78, 5) is 4.60. The Labute approximate surface area is 117 Å². The molecule has 2 aromatic heterocycles. The second-order valence-corrected chi connectivity index (χ2v) is 4.79. The molecule has 0 aliphatic carbocycles. The number of nitrogens with two attached hydrogens (primary N) is 1. The van der Waals surface area contributed by atoms with Gasteiger partial charge >= 0.3 is 0 Å². The third-order valence-corrected chi connectivity index (χ3v) is 3.18. The predicted octanol–water partition coefficient (Wildman–Crippen LogP) is 3.29. The lowest BCUT2D eigenvalue weighted by Gasteiger charge is -2.02. The SMILES string of the molecule is CCOc1ccc(-c2cn3cc(C)cc(N)c3n2)cc1. The molecule has 2 N–H and O–H groups in total. The molecule has 0 unspecified atom stereocenters. The van der Waals surface area contributed by atoms with E-state index in [9.17, 15) is 0 Å². The highest BCUT2D eigenvalue weighted by molar-refractivity contribution is 5.71. The molecular weight excluding hydrogens is 250 g/mol. The number of benzene rings is 1. The van der Waals surface area contributed by atoms with Gasteiger partial charge in [0.05, 0.1) is 18.0 Å². The van der Waals surface area contributed by atoms with Gasteiger partial charge in [-0.25, -0.2) is 4.98 Å². The Kier molecular flexibility index (Phi) is 3.06. The number of nitrogen functional groups attached to an aromatic ring is 1. The Morgan fingerprint density at radius 2 is 1.95 bits per heavy atom. The van der Waals surface area contributed by atoms with E-state index >= 15 is 0 Å². The highest BCUT2D eigenvalue weighted by atomic mass is 16.5. The lowest BCUT2D eigenvalue weighted by atomic mass is 10.2. The van der Waals surface area contributed by atoms with Gasteiger partial charge in [-0.1, -0.05) is 0 Å². The van der Waals surface area contributed by atoms with Crippen molar-refractivity contribution in [3.63, 3.8) is 0 Å². The summed E-state index contributed by atoms with van der Waals surface area (Å²) in [6.07, 6.45) is 4.02. The standard InChI is InChI=1S/C16H17N3O/c1-3-20-13-6-4-12(5-7-13)15-10-19-9-11(2)8-14(17)16(19)18-15/h4-10H,3,17H2,1-2H3. The topological polar surface area (TPSA) is 52.5 Å². The Morgan fingerprint density at radius 3 is 2.65 bits per heavy atom. The average molecular weight is 267 g/mol. The van der Waals surface area contributed by atoms with Gasteiger partial charge in [0.2, 0.25) is 0 Å². The maximum Gasteiger partial charge on any atom is 0.160 e. The van der Waals surface area contributed by atoms with E-state index in [0.717, 1.165) is 28.2 Å². The van der Waals surface area contributed by atoms with Crippen molar-refractivity contribution in [2.75, 3.05) is 12.3 Å². The van der Waals surface area contributed by atoms with E-state index in [1.165, 1.54) is 0 Å². The minimum Gasteiger partial charge on any atom is -0.494 e. The van der Waals surface area contributed by atoms with Gasteiger partial charge in [0.25, 0.3) is 0 Å². The molecule has 0 atom stereocenters. The maximum absolute atomic E-state index is 6.01. The smallest absolute Gasteiger partial charge is 0.160 e. The average Bonchev–Trinajstić information content (AvgIpc) is 2.84. The fourth-order valence-electron chi connectivity index (χ4n) is 2.30. The Balaban J connectivity index is 2.03. The van der Waals surface area contributed by atoms with Crippen molar-refractivity contribution in [1.82, 2.24) is 9.38 Å². The molecule has 0 aliphatic heterocycles. The number of fused-ring (bicyclic) bond motifs is 1. The first-order valence-electron chi connectivity index (χ1n) is 6.65. The van der Waals surface area contributed by atoms with E-state index in [2.05, 4.69) is 4.98 Å². The number of hydrogen-bond acceptors (Lipinski definition) is 3. The van der Waals surface area contributed by atoms with E-state index in [-0.39, 0.29) is 0 Å². The van der Waals surface area contributed by atoms with Crippen LogP contribution in [0, 0.1) is 6.92 Å². The lowest BCUT2D eigenvalue weighted by Crippen LogP contribution is -1.93. The summed E-state index contributed by atoms with van der Waals surface area (Å²) in [6.45, 7) is 4.66. The zero-order chi connectivity index (χ0) is 14.1. The zero-order valence-corrected chi connectivity index (χ0v) is 11.6. The van der Waals surface area contributed by atoms with Crippen molar-refractivity contribution >= 4 is 11.3 Å². The molecule has 2 heterocycles. The largest absolute Gasteiger partial charge is 0.494 e. The van der Waals surface area contributed by atoms with Crippen LogP contribution in [-0.4, -0.2) is 16.0 Å². The second kappa shape index (κ2) is 4.89. The quantitative estimate of drug-likeness (QED) is 0.792. The maximum atomic E-state index is 6.01. The molecule has 102 valence electrons. The zero-order valence-electron chi connectivity index (χ0n) is 11.6. The predicted molar refractivity (Wildman–Crippen MR) is 80.9 cm³/mol. The van der Waals surface area contributed by atoms with Crippen LogP contribution in [0.15, 0.2) is 42.7 Å². The molecule has 0 radical (unpaired) electrons. The fourth-order valence-corrected chi connectivity index (χ4v) is 2.30. The van der Waals surface area contributed by atoms with Crippen molar-refractivity contribution < 1.29 is 4.74 Å². The van der Waals surface area contributed by atoms with E-state index < -0.39 is 0 Å². The molecule has 1 aromatic carbocycles. The van der Waals surface area contributed by atoms with Gasteiger partial charge in [0.15, 0.2) is 5.65 Å². The molecule has 0 saturated heterocycles. The van der Waals surface area contributed by atoms with Gasteiger partial charge < -0.3 is 14.9 Å². The van der Waals surface area contributed by atoms with Crippen LogP contribution in [0.1, 0.15) is 12.5 Å². The Hall–Kier alpha value is -2.49. The van der Waals surface area contributed by atoms with E-state index in [1.54, 1.807) is 0 Å². The van der Waals surface area contributed by atoms with Gasteiger partial charge in [0, 0.05) is 18.0 Å². The number of hydrogen-bond donors (Lipinski definition) is 1. The third-order valence-electron chi connectivity index (χ3n) is 3.18. The summed E-state index contributed by atoms with van der Waals surface area (Å²) >= 11 is 0. The van der Waals surface area contributed by atoms with Crippen molar-refractivity contribution in [2.45, 2.75) is 13.8 Å². The molecular formula is C16H17N3O. The van der Waals surface area contributed by atoms with Crippen LogP contribution in [0.4, 0.5) is 5.69 Å². The number of nitrogens with zero attached hydrogens (tertiary/aromatic N) is 2. The lowest BCUT2D eigenvalue weighted by molar-refractivity contribution is 0.340. The summed E-state index contributed by atoms with van der Waals surface area (Å²) in [6, 6.07) is 9.87. The summed E-state index contributed by atoms with van der Waals surface area (Å²) in [5.41, 5.74) is 10.6. The summed E-state index contributed by atoms with van der Waals surface area (Å²) in [7, 11) is 0. The van der Waals surface area contributed by atoms with Crippen LogP contribution in [0.25, 0.3) is 16.9 Å². The number of aromatic nitrogens is 2. The third kappa shape index (κ3) is 2.20. The number of ether oxygens (including phenoxy) is 1. The number of aryl methyl sites for hydroxylation is 1. The molecule has 0 fully saturated rings. The van der Waals surface area contributed by atoms with Gasteiger partial charge in [-0.2, -0.15) is 0 Å². The van der Waals surface area contributed by atoms with Crippen LogP contribution in [-0.2, 0) is 0 Å². The first-order valence-corrected chi connectivity index (χ1v) is 6.65. The monoisotopic (exact) mass is 267 g/mol. The second-order valence-electron chi connectivity index (χ2n) is 4.79. The molecule has 4 heteroatoms. The van der Waals surface area contributed by atoms with Gasteiger partial charge in [-0.15, -0.1) is 0 Å². The van der Waals surface area contributed by atoms with Crippen LogP contribution in [0.5, 0.6) is 5.75 Å². The van der Waals surface area contributed by atoms with Crippen LogP contribution >= 0.6 is 0 Å². The first kappa shape index (κ1) is 12.5. The molecule has 4 nitrogen and oxygen atoms in total. The van der Waals surface area contributed by atoms with Crippen molar-refractivity contribution in [2.24, 2.45) is 0 Å².